The van der Waals surface area contributed by atoms with Gasteiger partial charge < -0.3 is 11.1 Å². The van der Waals surface area contributed by atoms with Gasteiger partial charge in [-0.15, -0.1) is 11.3 Å². The third-order valence-electron chi connectivity index (χ3n) is 2.28. The zero-order chi connectivity index (χ0) is 11.3. The molecule has 15 heavy (non-hydrogen) atoms. The Balaban J connectivity index is 2.58. The highest BCUT2D eigenvalue weighted by Crippen LogP contribution is 2.18. The monoisotopic (exact) mass is 227 g/mol. The molecule has 4 nitrogen and oxygen atoms in total. The molecule has 0 radical (unpaired) electrons. The van der Waals surface area contributed by atoms with Crippen molar-refractivity contribution in [1.29, 1.82) is 0 Å². The van der Waals surface area contributed by atoms with Crippen molar-refractivity contribution in [2.24, 2.45) is 11.7 Å². The van der Waals surface area contributed by atoms with E-state index in [0.717, 1.165) is 11.4 Å². The number of carbonyl (C=O) groups is 1. The summed E-state index contributed by atoms with van der Waals surface area (Å²) in [4.78, 5) is 15.8. The van der Waals surface area contributed by atoms with Gasteiger partial charge in [-0.3, -0.25) is 4.79 Å². The molecule has 1 amide bonds. The van der Waals surface area contributed by atoms with Gasteiger partial charge >= 0.3 is 0 Å². The highest BCUT2D eigenvalue weighted by molar-refractivity contribution is 7.09. The molecule has 0 aromatic carbocycles. The number of nitrogens with zero attached hydrogens (tertiary/aromatic N) is 1. The Hall–Kier alpha value is -0.940. The first-order valence-electron chi connectivity index (χ1n) is 5.08. The largest absolute Gasteiger partial charge is 0.347 e. The van der Waals surface area contributed by atoms with Crippen molar-refractivity contribution in [3.63, 3.8) is 0 Å². The smallest absolute Gasteiger partial charge is 0.224 e. The number of aromatic nitrogens is 1. The Morgan fingerprint density at radius 3 is 2.93 bits per heavy atom. The van der Waals surface area contributed by atoms with E-state index >= 15 is 0 Å². The quantitative estimate of drug-likeness (QED) is 0.797. The van der Waals surface area contributed by atoms with Gasteiger partial charge in [-0.25, -0.2) is 4.98 Å². The van der Waals surface area contributed by atoms with Gasteiger partial charge in [-0.05, 0) is 6.42 Å². The molecule has 3 N–H and O–H groups in total. The van der Waals surface area contributed by atoms with Gasteiger partial charge in [-0.1, -0.05) is 13.8 Å². The topological polar surface area (TPSA) is 68.0 Å². The second kappa shape index (κ2) is 5.82. The van der Waals surface area contributed by atoms with Crippen LogP contribution < -0.4 is 11.1 Å². The lowest BCUT2D eigenvalue weighted by molar-refractivity contribution is -0.125. The van der Waals surface area contributed by atoms with Crippen LogP contribution in [-0.2, 0) is 4.79 Å². The third-order valence-corrected chi connectivity index (χ3v) is 3.16. The van der Waals surface area contributed by atoms with Crippen LogP contribution >= 0.6 is 11.3 Å². The first kappa shape index (κ1) is 12.1. The first-order valence-corrected chi connectivity index (χ1v) is 5.96. The van der Waals surface area contributed by atoms with E-state index in [1.807, 2.05) is 19.2 Å². The van der Waals surface area contributed by atoms with Crippen molar-refractivity contribution >= 4 is 17.2 Å². The van der Waals surface area contributed by atoms with Gasteiger partial charge in [0.05, 0.1) is 6.04 Å². The minimum absolute atomic E-state index is 0.000417. The van der Waals surface area contributed by atoms with E-state index in [1.54, 1.807) is 17.5 Å². The zero-order valence-electron chi connectivity index (χ0n) is 9.06. The van der Waals surface area contributed by atoms with Crippen LogP contribution in [0, 0.1) is 5.92 Å². The average molecular weight is 227 g/mol. The lowest BCUT2D eigenvalue weighted by atomic mass is 10.1. The van der Waals surface area contributed by atoms with E-state index in [4.69, 9.17) is 5.73 Å². The Morgan fingerprint density at radius 1 is 1.73 bits per heavy atom. The van der Waals surface area contributed by atoms with Crippen LogP contribution in [0.3, 0.4) is 0 Å². The van der Waals surface area contributed by atoms with Crippen molar-refractivity contribution in [3.05, 3.63) is 16.6 Å². The normalized spacial score (nSPS) is 14.6. The summed E-state index contributed by atoms with van der Waals surface area (Å²) in [6.07, 6.45) is 2.59. The molecule has 0 fully saturated rings. The Kier molecular flexibility index (Phi) is 4.71. The fourth-order valence-corrected chi connectivity index (χ4v) is 1.94. The second-order valence-corrected chi connectivity index (χ2v) is 4.40. The minimum atomic E-state index is -0.140. The van der Waals surface area contributed by atoms with Crippen molar-refractivity contribution < 1.29 is 4.79 Å². The van der Waals surface area contributed by atoms with E-state index in [-0.39, 0.29) is 17.9 Å². The van der Waals surface area contributed by atoms with Gasteiger partial charge in [0.1, 0.15) is 5.01 Å². The number of nitrogens with two attached hydrogens (primary N) is 1. The lowest BCUT2D eigenvalue weighted by Gasteiger charge is -2.17. The number of rotatable bonds is 5. The maximum absolute atomic E-state index is 11.6. The molecule has 1 heterocycles. The summed E-state index contributed by atoms with van der Waals surface area (Å²) in [5.41, 5.74) is 5.43. The maximum atomic E-state index is 11.6. The van der Waals surface area contributed by atoms with Crippen LogP contribution in [0.15, 0.2) is 11.6 Å². The number of amides is 1. The molecule has 0 spiro atoms. The van der Waals surface area contributed by atoms with Crippen LogP contribution in [0.4, 0.5) is 0 Å². The summed E-state index contributed by atoms with van der Waals surface area (Å²) in [7, 11) is 0. The van der Waals surface area contributed by atoms with E-state index in [9.17, 15) is 4.79 Å². The predicted molar refractivity (Wildman–Crippen MR) is 61.5 cm³/mol. The van der Waals surface area contributed by atoms with Gasteiger partial charge in [0.25, 0.3) is 0 Å². The molecule has 1 rings (SSSR count). The van der Waals surface area contributed by atoms with Crippen LogP contribution in [-0.4, -0.2) is 17.4 Å². The summed E-state index contributed by atoms with van der Waals surface area (Å²) in [6, 6.07) is 0.0199. The van der Waals surface area contributed by atoms with Crippen LogP contribution in [0.1, 0.15) is 31.3 Å². The van der Waals surface area contributed by atoms with Crippen molar-refractivity contribution in [2.75, 3.05) is 6.54 Å². The van der Waals surface area contributed by atoms with Crippen LogP contribution in [0.2, 0.25) is 0 Å². The first-order chi connectivity index (χ1) is 7.19. The molecule has 0 bridgehead atoms. The molecule has 2 unspecified atom stereocenters. The van der Waals surface area contributed by atoms with Gasteiger partial charge in [0.2, 0.25) is 5.91 Å². The summed E-state index contributed by atoms with van der Waals surface area (Å²) in [6.45, 7) is 4.23. The Bertz CT molecular complexity index is 300. The molecule has 0 aliphatic rings. The summed E-state index contributed by atoms with van der Waals surface area (Å²) in [5.74, 6) is -0.140. The summed E-state index contributed by atoms with van der Waals surface area (Å²) in [5, 5.41) is 5.82. The van der Waals surface area contributed by atoms with Crippen molar-refractivity contribution in [1.82, 2.24) is 10.3 Å². The predicted octanol–water partition coefficient (Wildman–Crippen LogP) is 1.31. The molecule has 5 heteroatoms. The van der Waals surface area contributed by atoms with E-state index < -0.39 is 0 Å². The molecular weight excluding hydrogens is 210 g/mol. The van der Waals surface area contributed by atoms with E-state index in [0.29, 0.717) is 6.54 Å². The fourth-order valence-electron chi connectivity index (χ4n) is 1.17. The van der Waals surface area contributed by atoms with E-state index in [1.165, 1.54) is 0 Å². The molecule has 0 saturated carbocycles. The molecular formula is C10H17N3OS. The highest BCUT2D eigenvalue weighted by atomic mass is 32.1. The number of nitrogens with one attached hydrogen (secondary N) is 1. The number of hydrogen-bond acceptors (Lipinski definition) is 4. The molecule has 1 aromatic heterocycles. The van der Waals surface area contributed by atoms with Crippen LogP contribution in [0.5, 0.6) is 0 Å². The molecule has 84 valence electrons. The molecule has 1 aromatic rings. The lowest BCUT2D eigenvalue weighted by Crippen LogP contribution is -2.35. The average Bonchev–Trinajstić information content (AvgIpc) is 2.77. The number of hydrogen-bond donors (Lipinski definition) is 2. The summed E-state index contributed by atoms with van der Waals surface area (Å²) < 4.78 is 0. The zero-order valence-corrected chi connectivity index (χ0v) is 9.88. The van der Waals surface area contributed by atoms with Gasteiger partial charge in [0.15, 0.2) is 0 Å². The van der Waals surface area contributed by atoms with E-state index in [2.05, 4.69) is 10.3 Å². The van der Waals surface area contributed by atoms with Gasteiger partial charge in [0, 0.05) is 24.0 Å². The third kappa shape index (κ3) is 3.28. The molecule has 0 aliphatic heterocycles. The SMILES string of the molecule is CCC(NC(=O)C(C)CN)c1nccs1. The second-order valence-electron chi connectivity index (χ2n) is 3.48. The van der Waals surface area contributed by atoms with Gasteiger partial charge in [-0.2, -0.15) is 0 Å². The number of carbonyl (C=O) groups excluding carboxylic acids is 1. The molecule has 2 atom stereocenters. The number of thiazole rings is 1. The van der Waals surface area contributed by atoms with Crippen molar-refractivity contribution in [3.8, 4) is 0 Å². The van der Waals surface area contributed by atoms with Crippen LogP contribution in [0.25, 0.3) is 0 Å². The molecule has 0 saturated heterocycles. The molecule has 0 aliphatic carbocycles. The maximum Gasteiger partial charge on any atom is 0.224 e. The minimum Gasteiger partial charge on any atom is -0.347 e. The van der Waals surface area contributed by atoms with Crippen molar-refractivity contribution in [2.45, 2.75) is 26.3 Å². The fraction of sp³-hybridized carbons (Fsp3) is 0.600. The Labute approximate surface area is 93.9 Å². The standard InChI is InChI=1S/C10H17N3OS/c1-3-8(10-12-4-5-15-10)13-9(14)7(2)6-11/h4-5,7-8H,3,6,11H2,1-2H3,(H,13,14). The summed E-state index contributed by atoms with van der Waals surface area (Å²) >= 11 is 1.56. The Morgan fingerprint density at radius 2 is 2.47 bits per heavy atom. The highest BCUT2D eigenvalue weighted by Gasteiger charge is 2.18.